The Morgan fingerprint density at radius 2 is 1.80 bits per heavy atom. The number of rotatable bonds is 2. The number of alkyl halides is 3. The van der Waals surface area contributed by atoms with Gasteiger partial charge in [0.25, 0.3) is 5.92 Å². The van der Waals surface area contributed by atoms with Gasteiger partial charge in [-0.05, 0) is 12.8 Å². The second-order valence-corrected chi connectivity index (χ2v) is 3.44. The van der Waals surface area contributed by atoms with Crippen LogP contribution in [0, 0.1) is 5.92 Å². The van der Waals surface area contributed by atoms with Gasteiger partial charge in [0.2, 0.25) is 0 Å². The third-order valence-corrected chi connectivity index (χ3v) is 2.88. The summed E-state index contributed by atoms with van der Waals surface area (Å²) in [6, 6.07) is 0. The zero-order valence-electron chi connectivity index (χ0n) is 5.75. The molecule has 0 radical (unpaired) electrons. The van der Waals surface area contributed by atoms with Crippen molar-refractivity contribution in [3.63, 3.8) is 0 Å². The number of hydrogen-bond donors (Lipinski definition) is 0. The summed E-state index contributed by atoms with van der Waals surface area (Å²) in [5.74, 6) is -2.82. The van der Waals surface area contributed by atoms with Crippen molar-refractivity contribution < 1.29 is 8.78 Å². The molecule has 0 aliphatic heterocycles. The van der Waals surface area contributed by atoms with Crippen molar-refractivity contribution in [1.29, 1.82) is 0 Å². The highest BCUT2D eigenvalue weighted by molar-refractivity contribution is 9.09. The average Bonchev–Trinajstić information content (AvgIpc) is 2.38. The first kappa shape index (κ1) is 8.44. The van der Waals surface area contributed by atoms with Gasteiger partial charge in [-0.2, -0.15) is 0 Å². The summed E-state index contributed by atoms with van der Waals surface area (Å²) in [5, 5.41) is -0.176. The van der Waals surface area contributed by atoms with Crippen LogP contribution in [0.2, 0.25) is 0 Å². The minimum absolute atomic E-state index is 0.176. The highest BCUT2D eigenvalue weighted by atomic mass is 79.9. The molecule has 10 heavy (non-hydrogen) atoms. The van der Waals surface area contributed by atoms with Crippen LogP contribution in [-0.2, 0) is 0 Å². The van der Waals surface area contributed by atoms with Crippen LogP contribution in [-0.4, -0.2) is 11.3 Å². The van der Waals surface area contributed by atoms with Gasteiger partial charge in [0.15, 0.2) is 0 Å². The predicted octanol–water partition coefficient (Wildman–Crippen LogP) is 3.21. The molecular formula is C7H11BrF2. The molecule has 0 heterocycles. The van der Waals surface area contributed by atoms with Crippen molar-refractivity contribution in [3.05, 3.63) is 0 Å². The SMILES string of the molecule is FC(F)(CBr)C1CCCC1. The molecule has 3 heteroatoms. The largest absolute Gasteiger partial charge is 0.260 e. The molecule has 0 amide bonds. The molecule has 1 saturated carbocycles. The lowest BCUT2D eigenvalue weighted by Crippen LogP contribution is -2.27. The Morgan fingerprint density at radius 3 is 2.20 bits per heavy atom. The van der Waals surface area contributed by atoms with Gasteiger partial charge in [-0.25, -0.2) is 8.78 Å². The van der Waals surface area contributed by atoms with Crippen LogP contribution in [0.5, 0.6) is 0 Å². The summed E-state index contributed by atoms with van der Waals surface area (Å²) in [6.07, 6.45) is 3.37. The molecule has 1 fully saturated rings. The Labute approximate surface area is 68.1 Å². The van der Waals surface area contributed by atoms with Crippen molar-refractivity contribution in [1.82, 2.24) is 0 Å². The first-order chi connectivity index (χ1) is 4.67. The first-order valence-electron chi connectivity index (χ1n) is 3.60. The second kappa shape index (κ2) is 3.16. The van der Waals surface area contributed by atoms with Gasteiger partial charge in [-0.1, -0.05) is 28.8 Å². The molecule has 1 rings (SSSR count). The van der Waals surface area contributed by atoms with E-state index in [0.29, 0.717) is 12.8 Å². The normalized spacial score (nSPS) is 21.9. The lowest BCUT2D eigenvalue weighted by Gasteiger charge is -2.19. The summed E-state index contributed by atoms with van der Waals surface area (Å²) in [6.45, 7) is 0. The van der Waals surface area contributed by atoms with Gasteiger partial charge < -0.3 is 0 Å². The van der Waals surface area contributed by atoms with E-state index in [4.69, 9.17) is 0 Å². The molecule has 0 nitrogen and oxygen atoms in total. The Morgan fingerprint density at radius 1 is 1.30 bits per heavy atom. The zero-order chi connectivity index (χ0) is 7.61. The number of hydrogen-bond acceptors (Lipinski definition) is 0. The molecule has 0 unspecified atom stereocenters. The molecule has 0 aromatic rings. The van der Waals surface area contributed by atoms with Crippen molar-refractivity contribution >= 4 is 15.9 Å². The lowest BCUT2D eigenvalue weighted by molar-refractivity contribution is -0.0304. The van der Waals surface area contributed by atoms with Crippen molar-refractivity contribution in [2.24, 2.45) is 5.92 Å². The Hall–Kier alpha value is 0.340. The number of halogens is 3. The van der Waals surface area contributed by atoms with Crippen LogP contribution in [0.1, 0.15) is 25.7 Å². The average molecular weight is 213 g/mol. The van der Waals surface area contributed by atoms with Gasteiger partial charge >= 0.3 is 0 Å². The van der Waals surface area contributed by atoms with Gasteiger partial charge in [0, 0.05) is 5.92 Å². The third-order valence-electron chi connectivity index (χ3n) is 2.13. The Balaban J connectivity index is 2.45. The van der Waals surface area contributed by atoms with E-state index in [1.807, 2.05) is 0 Å². The van der Waals surface area contributed by atoms with Crippen molar-refractivity contribution in [2.75, 3.05) is 5.33 Å². The van der Waals surface area contributed by atoms with E-state index >= 15 is 0 Å². The van der Waals surface area contributed by atoms with Gasteiger partial charge in [-0.3, -0.25) is 0 Å². The van der Waals surface area contributed by atoms with E-state index in [9.17, 15) is 8.78 Å². The van der Waals surface area contributed by atoms with Crippen LogP contribution < -0.4 is 0 Å². The monoisotopic (exact) mass is 212 g/mol. The standard InChI is InChI=1S/C7H11BrF2/c8-5-7(9,10)6-3-1-2-4-6/h6H,1-5H2. The third kappa shape index (κ3) is 1.68. The van der Waals surface area contributed by atoms with Gasteiger partial charge in [0.1, 0.15) is 0 Å². The maximum atomic E-state index is 12.8. The molecule has 0 saturated heterocycles. The summed E-state index contributed by atoms with van der Waals surface area (Å²) in [7, 11) is 0. The molecule has 0 bridgehead atoms. The van der Waals surface area contributed by atoms with Crippen LogP contribution in [0.15, 0.2) is 0 Å². The fourth-order valence-electron chi connectivity index (χ4n) is 1.46. The maximum absolute atomic E-state index is 12.8. The fraction of sp³-hybridized carbons (Fsp3) is 1.00. The lowest BCUT2D eigenvalue weighted by atomic mass is 10.0. The van der Waals surface area contributed by atoms with E-state index in [1.54, 1.807) is 0 Å². The minimum Gasteiger partial charge on any atom is -0.206 e. The quantitative estimate of drug-likeness (QED) is 0.618. The summed E-state index contributed by atoms with van der Waals surface area (Å²) in [4.78, 5) is 0. The molecular weight excluding hydrogens is 202 g/mol. The Bertz CT molecular complexity index is 108. The van der Waals surface area contributed by atoms with Gasteiger partial charge in [0.05, 0.1) is 5.33 Å². The highest BCUT2D eigenvalue weighted by Crippen LogP contribution is 2.38. The summed E-state index contributed by atoms with van der Waals surface area (Å²) >= 11 is 2.83. The molecule has 1 aliphatic carbocycles. The smallest absolute Gasteiger partial charge is 0.206 e. The van der Waals surface area contributed by atoms with Crippen molar-refractivity contribution in [2.45, 2.75) is 31.6 Å². The molecule has 0 aromatic carbocycles. The highest BCUT2D eigenvalue weighted by Gasteiger charge is 2.39. The van der Waals surface area contributed by atoms with Crippen LogP contribution in [0.4, 0.5) is 8.78 Å². The first-order valence-corrected chi connectivity index (χ1v) is 4.73. The Kier molecular flexibility index (Phi) is 2.67. The molecule has 1 aliphatic rings. The molecule has 0 spiro atoms. The van der Waals surface area contributed by atoms with E-state index in [-0.39, 0.29) is 11.2 Å². The minimum atomic E-state index is -2.46. The van der Waals surface area contributed by atoms with Gasteiger partial charge in [-0.15, -0.1) is 0 Å². The van der Waals surface area contributed by atoms with E-state index in [2.05, 4.69) is 15.9 Å². The van der Waals surface area contributed by atoms with Crippen LogP contribution >= 0.6 is 15.9 Å². The van der Waals surface area contributed by atoms with E-state index in [0.717, 1.165) is 12.8 Å². The molecule has 0 atom stereocenters. The second-order valence-electron chi connectivity index (χ2n) is 2.88. The van der Waals surface area contributed by atoms with Crippen LogP contribution in [0.3, 0.4) is 0 Å². The fourth-order valence-corrected chi connectivity index (χ4v) is 1.92. The van der Waals surface area contributed by atoms with Crippen molar-refractivity contribution in [3.8, 4) is 0 Å². The molecule has 0 N–H and O–H groups in total. The zero-order valence-corrected chi connectivity index (χ0v) is 7.33. The maximum Gasteiger partial charge on any atom is 0.260 e. The molecule has 60 valence electrons. The van der Waals surface area contributed by atoms with E-state index in [1.165, 1.54) is 0 Å². The summed E-state index contributed by atoms with van der Waals surface area (Å²) in [5.41, 5.74) is 0. The topological polar surface area (TPSA) is 0 Å². The predicted molar refractivity (Wildman–Crippen MR) is 40.7 cm³/mol. The summed E-state index contributed by atoms with van der Waals surface area (Å²) < 4.78 is 25.6. The van der Waals surface area contributed by atoms with E-state index < -0.39 is 5.92 Å². The molecule has 0 aromatic heterocycles. The van der Waals surface area contributed by atoms with Crippen LogP contribution in [0.25, 0.3) is 0 Å².